The second-order valence-electron chi connectivity index (χ2n) is 8.47. The van der Waals surface area contributed by atoms with Crippen LogP contribution in [-0.2, 0) is 14.3 Å². The SMILES string of the molecule is CC(C)C[C@H](NC(=O)Nc1ccc(Br)cc1)C(=O)NCC(C)C(=O)OC(C)(C)C. The molecule has 0 radical (unpaired) electrons. The lowest BCUT2D eigenvalue weighted by Crippen LogP contribution is -2.50. The zero-order valence-electron chi connectivity index (χ0n) is 18.0. The van der Waals surface area contributed by atoms with E-state index in [-0.39, 0.29) is 24.3 Å². The third-order valence-electron chi connectivity index (χ3n) is 3.82. The predicted molar refractivity (Wildman–Crippen MR) is 118 cm³/mol. The zero-order chi connectivity index (χ0) is 22.2. The third-order valence-corrected chi connectivity index (χ3v) is 4.35. The van der Waals surface area contributed by atoms with Crippen LogP contribution in [0.2, 0.25) is 0 Å². The number of nitrogens with one attached hydrogen (secondary N) is 3. The molecule has 0 fully saturated rings. The molecule has 3 N–H and O–H groups in total. The van der Waals surface area contributed by atoms with Gasteiger partial charge in [0.1, 0.15) is 11.6 Å². The Kier molecular flexibility index (Phi) is 9.62. The molecule has 7 nitrogen and oxygen atoms in total. The summed E-state index contributed by atoms with van der Waals surface area (Å²) in [5, 5.41) is 8.17. The number of urea groups is 1. The van der Waals surface area contributed by atoms with Crippen molar-refractivity contribution in [2.45, 2.75) is 59.6 Å². The van der Waals surface area contributed by atoms with Crippen LogP contribution < -0.4 is 16.0 Å². The van der Waals surface area contributed by atoms with Gasteiger partial charge < -0.3 is 20.7 Å². The van der Waals surface area contributed by atoms with Gasteiger partial charge in [0.25, 0.3) is 0 Å². The Balaban J connectivity index is 2.64. The molecule has 0 aliphatic heterocycles. The molecule has 0 bridgehead atoms. The highest BCUT2D eigenvalue weighted by Gasteiger charge is 2.25. The Morgan fingerprint density at radius 2 is 1.66 bits per heavy atom. The highest BCUT2D eigenvalue weighted by Crippen LogP contribution is 2.14. The van der Waals surface area contributed by atoms with Crippen LogP contribution in [0.3, 0.4) is 0 Å². The van der Waals surface area contributed by atoms with E-state index < -0.39 is 23.6 Å². The predicted octanol–water partition coefficient (Wildman–Crippen LogP) is 4.08. The van der Waals surface area contributed by atoms with E-state index in [0.29, 0.717) is 12.1 Å². The van der Waals surface area contributed by atoms with E-state index in [9.17, 15) is 14.4 Å². The minimum atomic E-state index is -0.712. The molecule has 1 unspecified atom stereocenters. The van der Waals surface area contributed by atoms with E-state index >= 15 is 0 Å². The summed E-state index contributed by atoms with van der Waals surface area (Å²) in [4.78, 5) is 37.0. The molecule has 0 aliphatic rings. The number of anilines is 1. The van der Waals surface area contributed by atoms with Crippen molar-refractivity contribution in [3.8, 4) is 0 Å². The van der Waals surface area contributed by atoms with E-state index in [4.69, 9.17) is 4.74 Å². The summed E-state index contributed by atoms with van der Waals surface area (Å²) < 4.78 is 6.23. The number of rotatable bonds is 8. The fraction of sp³-hybridized carbons (Fsp3) is 0.571. The molecule has 162 valence electrons. The van der Waals surface area contributed by atoms with Crippen molar-refractivity contribution in [3.63, 3.8) is 0 Å². The van der Waals surface area contributed by atoms with Gasteiger partial charge in [-0.3, -0.25) is 9.59 Å². The van der Waals surface area contributed by atoms with Crippen LogP contribution in [0.1, 0.15) is 48.0 Å². The van der Waals surface area contributed by atoms with E-state index in [1.807, 2.05) is 26.0 Å². The molecular weight excluding hydrogens is 438 g/mol. The number of carbonyl (C=O) groups excluding carboxylic acids is 3. The van der Waals surface area contributed by atoms with Crippen molar-refractivity contribution < 1.29 is 19.1 Å². The third kappa shape index (κ3) is 10.3. The molecule has 0 spiro atoms. The van der Waals surface area contributed by atoms with E-state index in [1.54, 1.807) is 39.8 Å². The van der Waals surface area contributed by atoms with Crippen LogP contribution >= 0.6 is 15.9 Å². The van der Waals surface area contributed by atoms with Crippen LogP contribution in [-0.4, -0.2) is 36.1 Å². The highest BCUT2D eigenvalue weighted by atomic mass is 79.9. The van der Waals surface area contributed by atoms with Crippen molar-refractivity contribution >= 4 is 39.5 Å². The molecule has 0 heterocycles. The van der Waals surface area contributed by atoms with Gasteiger partial charge >= 0.3 is 12.0 Å². The van der Waals surface area contributed by atoms with Gasteiger partial charge in [-0.1, -0.05) is 36.7 Å². The smallest absolute Gasteiger partial charge is 0.319 e. The highest BCUT2D eigenvalue weighted by molar-refractivity contribution is 9.10. The Hall–Kier alpha value is -2.09. The van der Waals surface area contributed by atoms with Gasteiger partial charge in [-0.2, -0.15) is 0 Å². The summed E-state index contributed by atoms with van der Waals surface area (Å²) in [6, 6.07) is 5.95. The molecule has 0 aliphatic carbocycles. The fourth-order valence-corrected chi connectivity index (χ4v) is 2.69. The maximum atomic E-state index is 12.6. The molecule has 29 heavy (non-hydrogen) atoms. The lowest BCUT2D eigenvalue weighted by atomic mass is 10.0. The van der Waals surface area contributed by atoms with Crippen molar-refractivity contribution in [1.82, 2.24) is 10.6 Å². The molecule has 0 saturated carbocycles. The second kappa shape index (κ2) is 11.2. The molecule has 8 heteroatoms. The van der Waals surface area contributed by atoms with Crippen LogP contribution in [0.25, 0.3) is 0 Å². The van der Waals surface area contributed by atoms with Crippen molar-refractivity contribution in [2.75, 3.05) is 11.9 Å². The first-order valence-electron chi connectivity index (χ1n) is 9.71. The van der Waals surface area contributed by atoms with Crippen LogP contribution in [0, 0.1) is 11.8 Å². The summed E-state index contributed by atoms with van der Waals surface area (Å²) in [6.45, 7) is 11.2. The first-order chi connectivity index (χ1) is 13.4. The number of carbonyl (C=O) groups is 3. The van der Waals surface area contributed by atoms with Crippen molar-refractivity contribution in [1.29, 1.82) is 0 Å². The van der Waals surface area contributed by atoms with Gasteiger partial charge in [-0.25, -0.2) is 4.79 Å². The Bertz CT molecular complexity index is 699. The number of hydrogen-bond donors (Lipinski definition) is 3. The Morgan fingerprint density at radius 1 is 1.07 bits per heavy atom. The number of esters is 1. The van der Waals surface area contributed by atoms with Crippen LogP contribution in [0.4, 0.5) is 10.5 Å². The lowest BCUT2D eigenvalue weighted by molar-refractivity contribution is -0.159. The van der Waals surface area contributed by atoms with E-state index in [0.717, 1.165) is 4.47 Å². The Morgan fingerprint density at radius 3 is 2.17 bits per heavy atom. The maximum absolute atomic E-state index is 12.6. The number of benzene rings is 1. The number of halogens is 1. The zero-order valence-corrected chi connectivity index (χ0v) is 19.6. The van der Waals surface area contributed by atoms with Gasteiger partial charge in [-0.15, -0.1) is 0 Å². The summed E-state index contributed by atoms with van der Waals surface area (Å²) in [5.74, 6) is -1.00. The number of amides is 3. The quantitative estimate of drug-likeness (QED) is 0.499. The Labute approximate surface area is 181 Å². The standard InChI is InChI=1S/C21H32BrN3O4/c1-13(2)11-17(25-20(28)24-16-9-7-15(22)8-10-16)18(26)23-12-14(3)19(27)29-21(4,5)6/h7-10,13-14,17H,11-12H2,1-6H3,(H,23,26)(H2,24,25,28)/t14?,17-/m0/s1. The van der Waals surface area contributed by atoms with Crippen LogP contribution in [0.15, 0.2) is 28.7 Å². The summed E-state index contributed by atoms with van der Waals surface area (Å²) in [6.07, 6.45) is 0.473. The fourth-order valence-electron chi connectivity index (χ4n) is 2.42. The first kappa shape index (κ1) is 24.9. The molecule has 3 amide bonds. The molecule has 2 atom stereocenters. The van der Waals surface area contributed by atoms with E-state index in [2.05, 4.69) is 31.9 Å². The van der Waals surface area contributed by atoms with Gasteiger partial charge in [0, 0.05) is 16.7 Å². The minimum absolute atomic E-state index is 0.137. The number of ether oxygens (including phenoxy) is 1. The molecule has 0 aromatic heterocycles. The summed E-state index contributed by atoms with van der Waals surface area (Å²) >= 11 is 3.34. The maximum Gasteiger partial charge on any atom is 0.319 e. The molecule has 0 saturated heterocycles. The molecular formula is C21H32BrN3O4. The topological polar surface area (TPSA) is 96.5 Å². The summed E-state index contributed by atoms with van der Waals surface area (Å²) in [5.41, 5.74) is 0.0373. The van der Waals surface area contributed by atoms with Gasteiger partial charge in [0.05, 0.1) is 5.92 Å². The largest absolute Gasteiger partial charge is 0.460 e. The second-order valence-corrected chi connectivity index (χ2v) is 9.38. The molecule has 1 rings (SSSR count). The number of hydrogen-bond acceptors (Lipinski definition) is 4. The van der Waals surface area contributed by atoms with Gasteiger partial charge in [0.15, 0.2) is 0 Å². The van der Waals surface area contributed by atoms with Gasteiger partial charge in [-0.05, 0) is 57.4 Å². The normalized spacial score (nSPS) is 13.4. The minimum Gasteiger partial charge on any atom is -0.460 e. The average molecular weight is 470 g/mol. The average Bonchev–Trinajstić information content (AvgIpc) is 2.58. The van der Waals surface area contributed by atoms with Crippen LogP contribution in [0.5, 0.6) is 0 Å². The molecule has 1 aromatic rings. The summed E-state index contributed by atoms with van der Waals surface area (Å²) in [7, 11) is 0. The monoisotopic (exact) mass is 469 g/mol. The van der Waals surface area contributed by atoms with E-state index in [1.165, 1.54) is 0 Å². The van der Waals surface area contributed by atoms with Crippen molar-refractivity contribution in [3.05, 3.63) is 28.7 Å². The molecule has 1 aromatic carbocycles. The first-order valence-corrected chi connectivity index (χ1v) is 10.5. The van der Waals surface area contributed by atoms with Gasteiger partial charge in [0.2, 0.25) is 5.91 Å². The lowest BCUT2D eigenvalue weighted by Gasteiger charge is -2.24. The van der Waals surface area contributed by atoms with Crippen molar-refractivity contribution in [2.24, 2.45) is 11.8 Å².